The van der Waals surface area contributed by atoms with Crippen LogP contribution in [0.1, 0.15) is 12.0 Å². The van der Waals surface area contributed by atoms with E-state index >= 15 is 0 Å². The summed E-state index contributed by atoms with van der Waals surface area (Å²) in [6.45, 7) is 0. The van der Waals surface area contributed by atoms with Crippen LogP contribution in [0.4, 0.5) is 3.89 Å². The monoisotopic (exact) mass is 247 g/mol. The predicted octanol–water partition coefficient (Wildman–Crippen LogP) is 0.698. The Morgan fingerprint density at radius 3 is 2.56 bits per heavy atom. The molecular weight excluding hydrogens is 237 g/mol. The van der Waals surface area contributed by atoms with E-state index in [1.807, 2.05) is 0 Å². The summed E-state index contributed by atoms with van der Waals surface area (Å²) in [4.78, 5) is 10.6. The van der Waals surface area contributed by atoms with Crippen LogP contribution in [0.2, 0.25) is 0 Å². The van der Waals surface area contributed by atoms with Gasteiger partial charge in [0.05, 0.1) is 0 Å². The van der Waals surface area contributed by atoms with Crippen LogP contribution in [0, 0.1) is 0 Å². The first-order chi connectivity index (χ1) is 7.38. The molecule has 1 rings (SSSR count). The van der Waals surface area contributed by atoms with Crippen LogP contribution in [-0.2, 0) is 21.7 Å². The number of carbonyl (C=O) groups is 1. The molecule has 2 N–H and O–H groups in total. The van der Waals surface area contributed by atoms with Crippen LogP contribution in [-0.4, -0.2) is 14.3 Å². The van der Waals surface area contributed by atoms with E-state index in [-0.39, 0.29) is 18.6 Å². The van der Waals surface area contributed by atoms with Crippen LogP contribution in [0.15, 0.2) is 24.3 Å². The van der Waals surface area contributed by atoms with E-state index < -0.39 is 16.4 Å². The lowest BCUT2D eigenvalue weighted by atomic mass is 10.1. The molecule has 0 unspecified atom stereocenters. The summed E-state index contributed by atoms with van der Waals surface area (Å²) in [5, 5.41) is 0. The Labute approximate surface area is 92.4 Å². The minimum absolute atomic E-state index is 0.0344. The minimum atomic E-state index is -5.05. The van der Waals surface area contributed by atoms with Crippen molar-refractivity contribution in [2.24, 2.45) is 5.73 Å². The largest absolute Gasteiger partial charge is 0.488 e. The summed E-state index contributed by atoms with van der Waals surface area (Å²) in [5.74, 6) is -0.663. The Balaban J connectivity index is 2.87. The summed E-state index contributed by atoms with van der Waals surface area (Å²) < 4.78 is 37.1. The van der Waals surface area contributed by atoms with Gasteiger partial charge in [-0.3, -0.25) is 4.79 Å². The zero-order valence-corrected chi connectivity index (χ0v) is 9.04. The van der Waals surface area contributed by atoms with Gasteiger partial charge in [-0.2, -0.15) is 8.42 Å². The second kappa shape index (κ2) is 4.93. The number of primary amides is 1. The highest BCUT2D eigenvalue weighted by Gasteiger charge is 2.13. The average Bonchev–Trinajstić information content (AvgIpc) is 2.14. The molecule has 1 amide bonds. The molecule has 0 spiro atoms. The second-order valence-electron chi connectivity index (χ2n) is 3.05. The number of rotatable bonds is 5. The standard InChI is InChI=1S/C9H10FNO4S/c10-16(13,14)15-8-4-2-1-3-7(8)5-6-9(11)12/h1-4H,5-6H2,(H2,11,12). The Bertz CT molecular complexity index is 486. The van der Waals surface area contributed by atoms with E-state index in [0.717, 1.165) is 0 Å². The van der Waals surface area contributed by atoms with Crippen LogP contribution in [0.5, 0.6) is 5.75 Å². The Kier molecular flexibility index (Phi) is 3.83. The highest BCUT2D eigenvalue weighted by Crippen LogP contribution is 2.21. The Morgan fingerprint density at radius 2 is 2.00 bits per heavy atom. The van der Waals surface area contributed by atoms with Crippen molar-refractivity contribution in [3.63, 3.8) is 0 Å². The lowest BCUT2D eigenvalue weighted by molar-refractivity contribution is -0.117. The van der Waals surface area contributed by atoms with E-state index in [9.17, 15) is 17.1 Å². The van der Waals surface area contributed by atoms with Crippen molar-refractivity contribution in [3.8, 4) is 5.75 Å². The van der Waals surface area contributed by atoms with Crippen LogP contribution < -0.4 is 9.92 Å². The molecule has 0 bridgehead atoms. The van der Waals surface area contributed by atoms with Crippen LogP contribution in [0.3, 0.4) is 0 Å². The number of benzene rings is 1. The zero-order valence-electron chi connectivity index (χ0n) is 8.22. The molecule has 0 heterocycles. The first-order valence-corrected chi connectivity index (χ1v) is 5.69. The summed E-state index contributed by atoms with van der Waals surface area (Å²) in [7, 11) is -5.05. The number of halogens is 1. The molecule has 0 saturated heterocycles. The van der Waals surface area contributed by atoms with Crippen molar-refractivity contribution in [2.75, 3.05) is 0 Å². The number of aryl methyl sites for hydroxylation is 1. The van der Waals surface area contributed by atoms with Gasteiger partial charge in [-0.1, -0.05) is 22.1 Å². The number of para-hydroxylation sites is 1. The molecule has 5 nitrogen and oxygen atoms in total. The summed E-state index contributed by atoms with van der Waals surface area (Å²) in [6, 6.07) is 5.94. The normalized spacial score (nSPS) is 11.1. The summed E-state index contributed by atoms with van der Waals surface area (Å²) in [5.41, 5.74) is 5.35. The first-order valence-electron chi connectivity index (χ1n) is 4.39. The maximum Gasteiger partial charge on any atom is 0.488 e. The lowest BCUT2D eigenvalue weighted by Crippen LogP contribution is -2.12. The highest BCUT2D eigenvalue weighted by atomic mass is 32.3. The summed E-state index contributed by atoms with van der Waals surface area (Å²) >= 11 is 0. The fraction of sp³-hybridized carbons (Fsp3) is 0.222. The van der Waals surface area contributed by atoms with Gasteiger partial charge in [0, 0.05) is 6.42 Å². The van der Waals surface area contributed by atoms with E-state index in [2.05, 4.69) is 4.18 Å². The Hall–Kier alpha value is -1.63. The maximum atomic E-state index is 12.3. The minimum Gasteiger partial charge on any atom is -0.370 e. The summed E-state index contributed by atoms with van der Waals surface area (Å²) in [6.07, 6.45) is 0.230. The maximum absolute atomic E-state index is 12.3. The Morgan fingerprint density at radius 1 is 1.38 bits per heavy atom. The third-order valence-electron chi connectivity index (χ3n) is 1.80. The van der Waals surface area contributed by atoms with Crippen molar-refractivity contribution >= 4 is 16.4 Å². The highest BCUT2D eigenvalue weighted by molar-refractivity contribution is 7.81. The van der Waals surface area contributed by atoms with Gasteiger partial charge in [-0.05, 0) is 18.1 Å². The zero-order chi connectivity index (χ0) is 12.2. The topological polar surface area (TPSA) is 86.5 Å². The van der Waals surface area contributed by atoms with Gasteiger partial charge in [-0.15, -0.1) is 0 Å². The van der Waals surface area contributed by atoms with E-state index in [1.165, 1.54) is 18.2 Å². The van der Waals surface area contributed by atoms with E-state index in [1.54, 1.807) is 6.07 Å². The van der Waals surface area contributed by atoms with Gasteiger partial charge in [0.15, 0.2) is 0 Å². The van der Waals surface area contributed by atoms with E-state index in [4.69, 9.17) is 5.73 Å². The molecule has 1 aromatic carbocycles. The van der Waals surface area contributed by atoms with Crippen LogP contribution >= 0.6 is 0 Å². The number of hydrogen-bond acceptors (Lipinski definition) is 4. The van der Waals surface area contributed by atoms with Crippen molar-refractivity contribution in [1.29, 1.82) is 0 Å². The molecule has 7 heteroatoms. The molecule has 0 atom stereocenters. The number of carbonyl (C=O) groups excluding carboxylic acids is 1. The van der Waals surface area contributed by atoms with Gasteiger partial charge in [-0.25, -0.2) is 0 Å². The first kappa shape index (κ1) is 12.4. The molecule has 0 fully saturated rings. The van der Waals surface area contributed by atoms with Gasteiger partial charge >= 0.3 is 10.5 Å². The molecule has 88 valence electrons. The second-order valence-corrected chi connectivity index (χ2v) is 4.00. The van der Waals surface area contributed by atoms with Crippen molar-refractivity contribution < 1.29 is 21.3 Å². The third kappa shape index (κ3) is 4.26. The van der Waals surface area contributed by atoms with Gasteiger partial charge in [0.25, 0.3) is 0 Å². The molecule has 0 saturated carbocycles. The fourth-order valence-corrected chi connectivity index (χ4v) is 1.53. The number of nitrogens with two attached hydrogens (primary N) is 1. The van der Waals surface area contributed by atoms with Gasteiger partial charge < -0.3 is 9.92 Å². The molecule has 16 heavy (non-hydrogen) atoms. The van der Waals surface area contributed by atoms with E-state index in [0.29, 0.717) is 5.56 Å². The molecule has 1 aromatic rings. The third-order valence-corrected chi connectivity index (χ3v) is 2.18. The number of amides is 1. The van der Waals surface area contributed by atoms with Crippen molar-refractivity contribution in [1.82, 2.24) is 0 Å². The molecule has 0 aromatic heterocycles. The number of hydrogen-bond donors (Lipinski definition) is 1. The molecular formula is C9H10FNO4S. The van der Waals surface area contributed by atoms with Crippen molar-refractivity contribution in [3.05, 3.63) is 29.8 Å². The SMILES string of the molecule is NC(=O)CCc1ccccc1OS(=O)(=O)F. The van der Waals surface area contributed by atoms with Gasteiger partial charge in [0.2, 0.25) is 5.91 Å². The molecule has 0 aliphatic carbocycles. The smallest absolute Gasteiger partial charge is 0.370 e. The molecule has 0 aliphatic heterocycles. The van der Waals surface area contributed by atoms with Crippen molar-refractivity contribution in [2.45, 2.75) is 12.8 Å². The molecule has 0 aliphatic rings. The van der Waals surface area contributed by atoms with Gasteiger partial charge in [0.1, 0.15) is 5.75 Å². The average molecular weight is 247 g/mol. The fourth-order valence-electron chi connectivity index (χ4n) is 1.16. The van der Waals surface area contributed by atoms with Crippen LogP contribution in [0.25, 0.3) is 0 Å². The quantitative estimate of drug-likeness (QED) is 0.776. The predicted molar refractivity (Wildman–Crippen MR) is 54.6 cm³/mol. The lowest BCUT2D eigenvalue weighted by Gasteiger charge is -2.06. The molecule has 0 radical (unpaired) electrons.